The lowest BCUT2D eigenvalue weighted by Crippen LogP contribution is -2.45. The molecule has 3 aromatic rings. The van der Waals surface area contributed by atoms with Crippen LogP contribution in [-0.4, -0.2) is 32.4 Å². The van der Waals surface area contributed by atoms with Crippen molar-refractivity contribution in [1.29, 1.82) is 0 Å². The molecule has 0 bridgehead atoms. The van der Waals surface area contributed by atoms with E-state index in [1.807, 2.05) is 10.7 Å². The summed E-state index contributed by atoms with van der Waals surface area (Å²) in [4.78, 5) is 19.9. The summed E-state index contributed by atoms with van der Waals surface area (Å²) >= 11 is 19.0. The van der Waals surface area contributed by atoms with E-state index >= 15 is 0 Å². The fraction of sp³-hybridized carbons (Fsp3) is 0.381. The lowest BCUT2D eigenvalue weighted by molar-refractivity contribution is 0.170. The smallest absolute Gasteiger partial charge is 0.279 e. The fourth-order valence-corrected chi connectivity index (χ4v) is 5.46. The lowest BCUT2D eigenvalue weighted by atomic mass is 9.73. The lowest BCUT2D eigenvalue weighted by Gasteiger charge is -2.42. The minimum Gasteiger partial charge on any atom is -0.355 e. The van der Waals surface area contributed by atoms with Gasteiger partial charge in [-0.2, -0.15) is 5.10 Å². The maximum absolute atomic E-state index is 13.2. The van der Waals surface area contributed by atoms with Gasteiger partial charge in [0.05, 0.1) is 27.5 Å². The second-order valence-corrected chi connectivity index (χ2v) is 9.41. The first-order valence-electron chi connectivity index (χ1n) is 10.1. The van der Waals surface area contributed by atoms with Gasteiger partial charge in [0.2, 0.25) is 0 Å². The largest absolute Gasteiger partial charge is 0.355 e. The van der Waals surface area contributed by atoms with Gasteiger partial charge in [-0.1, -0.05) is 40.9 Å². The number of nitrogens with zero attached hydrogens (tertiary/aromatic N) is 5. The summed E-state index contributed by atoms with van der Waals surface area (Å²) in [5, 5.41) is 5.10. The molecule has 7 nitrogen and oxygen atoms in total. The molecule has 2 aliphatic rings. The Morgan fingerprint density at radius 2 is 1.87 bits per heavy atom. The molecule has 2 aromatic heterocycles. The highest BCUT2D eigenvalue weighted by Crippen LogP contribution is 2.48. The molecule has 0 amide bonds. The van der Waals surface area contributed by atoms with E-state index in [1.54, 1.807) is 31.3 Å². The average Bonchev–Trinajstić information content (AvgIpc) is 3.30. The third kappa shape index (κ3) is 3.18. The molecule has 162 valence electrons. The van der Waals surface area contributed by atoms with Crippen LogP contribution in [0.5, 0.6) is 0 Å². The van der Waals surface area contributed by atoms with Crippen molar-refractivity contribution in [3.63, 3.8) is 0 Å². The van der Waals surface area contributed by atoms with Crippen molar-refractivity contribution in [3.8, 4) is 5.69 Å². The van der Waals surface area contributed by atoms with Gasteiger partial charge in [-0.25, -0.2) is 4.98 Å². The van der Waals surface area contributed by atoms with Gasteiger partial charge < -0.3 is 10.6 Å². The highest BCUT2D eigenvalue weighted by atomic mass is 35.5. The number of rotatable bonds is 2. The first kappa shape index (κ1) is 20.8. The second-order valence-electron chi connectivity index (χ2n) is 8.25. The summed E-state index contributed by atoms with van der Waals surface area (Å²) in [6.45, 7) is 4.01. The SMILES string of the molecule is Cc1nc(N2CCC3(CC2)Cn2nccc2[C@H]3N)c(Cl)c(=O)n1-c1cccc(Cl)c1Cl. The number of fused-ring (bicyclic) bond motifs is 1. The van der Waals surface area contributed by atoms with Crippen LogP contribution in [0.25, 0.3) is 5.69 Å². The van der Waals surface area contributed by atoms with Crippen LogP contribution >= 0.6 is 34.8 Å². The molecule has 0 aliphatic carbocycles. The summed E-state index contributed by atoms with van der Waals surface area (Å²) in [5.41, 5.74) is 7.73. The van der Waals surface area contributed by atoms with Crippen LogP contribution in [0.1, 0.15) is 30.4 Å². The third-order valence-corrected chi connectivity index (χ3v) is 7.74. The second kappa shape index (κ2) is 7.52. The third-order valence-electron chi connectivity index (χ3n) is 6.60. The zero-order chi connectivity index (χ0) is 21.9. The quantitative estimate of drug-likeness (QED) is 0.601. The summed E-state index contributed by atoms with van der Waals surface area (Å²) in [5.74, 6) is 0.990. The topological polar surface area (TPSA) is 82.0 Å². The number of nitrogens with two attached hydrogens (primary N) is 1. The Balaban J connectivity index is 1.44. The zero-order valence-corrected chi connectivity index (χ0v) is 19.1. The van der Waals surface area contributed by atoms with Crippen LogP contribution in [0.4, 0.5) is 5.82 Å². The van der Waals surface area contributed by atoms with E-state index in [2.05, 4.69) is 15.0 Å². The molecule has 4 heterocycles. The van der Waals surface area contributed by atoms with E-state index in [0.717, 1.165) is 25.1 Å². The number of benzene rings is 1. The standard InChI is InChI=1S/C21H21Cl3N6O/c1-12-27-19(17(24)20(31)30(12)14-4-2-3-13(22)16(14)23)28-9-6-21(7-10-28)11-29-15(18(21)25)5-8-26-29/h2-5,8,18H,6-7,9-11,25H2,1H3/t18-/m1/s1. The predicted molar refractivity (Wildman–Crippen MR) is 123 cm³/mol. The molecular weight excluding hydrogens is 459 g/mol. The summed E-state index contributed by atoms with van der Waals surface area (Å²) in [6, 6.07) is 7.07. The van der Waals surface area contributed by atoms with Crippen molar-refractivity contribution in [1.82, 2.24) is 19.3 Å². The first-order valence-corrected chi connectivity index (χ1v) is 11.2. The van der Waals surface area contributed by atoms with Crippen LogP contribution in [0.2, 0.25) is 15.1 Å². The van der Waals surface area contributed by atoms with E-state index in [4.69, 9.17) is 40.5 Å². The van der Waals surface area contributed by atoms with E-state index in [9.17, 15) is 4.79 Å². The number of aromatic nitrogens is 4. The highest BCUT2D eigenvalue weighted by Gasteiger charge is 2.47. The Hall–Kier alpha value is -2.06. The van der Waals surface area contributed by atoms with Gasteiger partial charge in [-0.05, 0) is 38.0 Å². The molecule has 1 aromatic carbocycles. The monoisotopic (exact) mass is 478 g/mol. The van der Waals surface area contributed by atoms with Gasteiger partial charge >= 0.3 is 0 Å². The molecule has 1 atom stereocenters. The Bertz CT molecular complexity index is 1230. The van der Waals surface area contributed by atoms with Crippen molar-refractivity contribution in [2.45, 2.75) is 32.4 Å². The molecule has 1 saturated heterocycles. The molecule has 0 unspecified atom stereocenters. The molecule has 1 spiro atoms. The number of halogens is 3. The number of hydrogen-bond acceptors (Lipinski definition) is 5. The minimum atomic E-state index is -0.369. The summed E-state index contributed by atoms with van der Waals surface area (Å²) in [7, 11) is 0. The highest BCUT2D eigenvalue weighted by molar-refractivity contribution is 6.43. The van der Waals surface area contributed by atoms with Gasteiger partial charge in [0.15, 0.2) is 5.82 Å². The van der Waals surface area contributed by atoms with Crippen molar-refractivity contribution < 1.29 is 0 Å². The van der Waals surface area contributed by atoms with Gasteiger partial charge in [-0.3, -0.25) is 14.0 Å². The Morgan fingerprint density at radius 3 is 2.58 bits per heavy atom. The normalized spacial score (nSPS) is 19.8. The van der Waals surface area contributed by atoms with E-state index in [-0.39, 0.29) is 27.1 Å². The summed E-state index contributed by atoms with van der Waals surface area (Å²) in [6.07, 6.45) is 3.54. The predicted octanol–water partition coefficient (Wildman–Crippen LogP) is 4.00. The molecule has 31 heavy (non-hydrogen) atoms. The molecule has 10 heteroatoms. The molecule has 2 N–H and O–H groups in total. The van der Waals surface area contributed by atoms with Gasteiger partial charge in [0, 0.05) is 31.2 Å². The molecule has 5 rings (SSSR count). The van der Waals surface area contributed by atoms with Crippen LogP contribution in [-0.2, 0) is 6.54 Å². The van der Waals surface area contributed by atoms with Crippen molar-refractivity contribution in [2.24, 2.45) is 11.1 Å². The van der Waals surface area contributed by atoms with Crippen molar-refractivity contribution >= 4 is 40.6 Å². The zero-order valence-electron chi connectivity index (χ0n) is 16.9. The Kier molecular flexibility index (Phi) is 5.05. The minimum absolute atomic E-state index is 0.0229. The van der Waals surface area contributed by atoms with Crippen LogP contribution in [0, 0.1) is 12.3 Å². The van der Waals surface area contributed by atoms with Crippen LogP contribution in [0.15, 0.2) is 35.3 Å². The molecule has 1 fully saturated rings. The number of anilines is 1. The first-order chi connectivity index (χ1) is 14.8. The van der Waals surface area contributed by atoms with Crippen LogP contribution in [0.3, 0.4) is 0 Å². The maximum atomic E-state index is 13.2. The van der Waals surface area contributed by atoms with Crippen LogP contribution < -0.4 is 16.2 Å². The van der Waals surface area contributed by atoms with E-state index in [0.29, 0.717) is 35.4 Å². The van der Waals surface area contributed by atoms with Gasteiger partial charge in [0.25, 0.3) is 5.56 Å². The van der Waals surface area contributed by atoms with E-state index < -0.39 is 0 Å². The molecule has 0 saturated carbocycles. The Morgan fingerprint density at radius 1 is 1.13 bits per heavy atom. The fourth-order valence-electron chi connectivity index (χ4n) is 4.83. The summed E-state index contributed by atoms with van der Waals surface area (Å²) < 4.78 is 3.41. The maximum Gasteiger partial charge on any atom is 0.279 e. The van der Waals surface area contributed by atoms with Crippen molar-refractivity contribution in [2.75, 3.05) is 18.0 Å². The Labute approximate surface area is 194 Å². The number of piperidine rings is 1. The van der Waals surface area contributed by atoms with Crippen molar-refractivity contribution in [3.05, 3.63) is 67.4 Å². The molecular formula is C21H21Cl3N6O. The average molecular weight is 480 g/mol. The van der Waals surface area contributed by atoms with Gasteiger partial charge in [0.1, 0.15) is 10.8 Å². The number of aryl methyl sites for hydroxylation is 1. The number of hydrogen-bond donors (Lipinski definition) is 1. The van der Waals surface area contributed by atoms with E-state index in [1.165, 1.54) is 4.57 Å². The van der Waals surface area contributed by atoms with Gasteiger partial charge in [-0.15, -0.1) is 0 Å². The molecule has 0 radical (unpaired) electrons. The molecule has 2 aliphatic heterocycles.